The van der Waals surface area contributed by atoms with Crippen LogP contribution in [-0.2, 0) is 6.18 Å². The van der Waals surface area contributed by atoms with Gasteiger partial charge in [-0.25, -0.2) is 9.97 Å². The van der Waals surface area contributed by atoms with Gasteiger partial charge in [0.15, 0.2) is 0 Å². The first kappa shape index (κ1) is 12.7. The topological polar surface area (TPSA) is 64.9 Å². The van der Waals surface area contributed by atoms with Crippen molar-refractivity contribution < 1.29 is 17.6 Å². The number of hydrogen-bond donors (Lipinski definition) is 1. The van der Waals surface area contributed by atoms with Gasteiger partial charge in [0.2, 0.25) is 0 Å². The average molecular weight is 275 g/mol. The summed E-state index contributed by atoms with van der Waals surface area (Å²) in [5.74, 6) is -0.199. The summed E-state index contributed by atoms with van der Waals surface area (Å²) in [5.41, 5.74) is 5.13. The fourth-order valence-corrected chi connectivity index (χ4v) is 2.01. The number of nitrogens with two attached hydrogens (primary N) is 1. The van der Waals surface area contributed by atoms with Crippen LogP contribution in [0.15, 0.2) is 33.1 Å². The van der Waals surface area contributed by atoms with E-state index in [9.17, 15) is 13.2 Å². The lowest BCUT2D eigenvalue weighted by molar-refractivity contribution is -0.137. The molecule has 0 saturated carbocycles. The molecule has 0 aliphatic heterocycles. The zero-order chi connectivity index (χ0) is 13.3. The number of aryl methyl sites for hydroxylation is 1. The molecular formula is C10H8F3N3OS. The molecule has 0 aliphatic carbocycles. The van der Waals surface area contributed by atoms with Crippen LogP contribution in [0.25, 0.3) is 0 Å². The summed E-state index contributed by atoms with van der Waals surface area (Å²) in [5, 5.41) is 0.308. The SMILES string of the molecule is Cc1coc(Sc2cc(C(F)(F)F)cc(N)n2)n1. The Balaban J connectivity index is 2.31. The van der Waals surface area contributed by atoms with Crippen LogP contribution in [-0.4, -0.2) is 9.97 Å². The zero-order valence-electron chi connectivity index (χ0n) is 9.15. The van der Waals surface area contributed by atoms with E-state index in [-0.39, 0.29) is 16.1 Å². The normalized spacial score (nSPS) is 11.8. The number of aromatic nitrogens is 2. The summed E-state index contributed by atoms with van der Waals surface area (Å²) in [6.45, 7) is 1.71. The van der Waals surface area contributed by atoms with E-state index >= 15 is 0 Å². The molecule has 2 aromatic heterocycles. The molecule has 0 aliphatic rings. The monoisotopic (exact) mass is 275 g/mol. The summed E-state index contributed by atoms with van der Waals surface area (Å²) in [7, 11) is 0. The Morgan fingerprint density at radius 1 is 1.28 bits per heavy atom. The molecule has 2 rings (SSSR count). The predicted octanol–water partition coefficient (Wildman–Crippen LogP) is 3.13. The van der Waals surface area contributed by atoms with Crippen molar-refractivity contribution in [2.75, 3.05) is 5.73 Å². The highest BCUT2D eigenvalue weighted by molar-refractivity contribution is 7.99. The molecule has 2 N–H and O–H groups in total. The first-order valence-electron chi connectivity index (χ1n) is 4.79. The molecule has 0 spiro atoms. The number of anilines is 1. The fourth-order valence-electron chi connectivity index (χ4n) is 1.21. The van der Waals surface area contributed by atoms with Gasteiger partial charge in [0.25, 0.3) is 5.22 Å². The van der Waals surface area contributed by atoms with Gasteiger partial charge in [-0.3, -0.25) is 0 Å². The smallest absolute Gasteiger partial charge is 0.416 e. The second kappa shape index (κ2) is 4.52. The van der Waals surface area contributed by atoms with Crippen molar-refractivity contribution in [1.29, 1.82) is 0 Å². The minimum atomic E-state index is -4.46. The summed E-state index contributed by atoms with van der Waals surface area (Å²) in [6.07, 6.45) is -3.06. The van der Waals surface area contributed by atoms with Gasteiger partial charge in [-0.05, 0) is 30.8 Å². The highest BCUT2D eigenvalue weighted by atomic mass is 32.2. The second-order valence-electron chi connectivity index (χ2n) is 3.47. The number of halogens is 3. The van der Waals surface area contributed by atoms with E-state index in [4.69, 9.17) is 10.2 Å². The van der Waals surface area contributed by atoms with Gasteiger partial charge in [0, 0.05) is 0 Å². The third-order valence-corrected chi connectivity index (χ3v) is 2.72. The zero-order valence-corrected chi connectivity index (χ0v) is 9.97. The van der Waals surface area contributed by atoms with Gasteiger partial charge in [0.05, 0.1) is 11.3 Å². The lowest BCUT2D eigenvalue weighted by Gasteiger charge is -2.08. The largest absolute Gasteiger partial charge is 0.439 e. The van der Waals surface area contributed by atoms with E-state index in [1.807, 2.05) is 0 Å². The third kappa shape index (κ3) is 2.95. The maximum Gasteiger partial charge on any atom is 0.416 e. The second-order valence-corrected chi connectivity index (χ2v) is 4.45. The minimum absolute atomic E-state index is 0.0872. The Morgan fingerprint density at radius 3 is 2.56 bits per heavy atom. The van der Waals surface area contributed by atoms with Gasteiger partial charge in [-0.15, -0.1) is 0 Å². The maximum atomic E-state index is 12.6. The van der Waals surface area contributed by atoms with Gasteiger partial charge < -0.3 is 10.2 Å². The number of rotatable bonds is 2. The summed E-state index contributed by atoms with van der Waals surface area (Å²) < 4.78 is 42.7. The molecular weight excluding hydrogens is 267 g/mol. The Morgan fingerprint density at radius 2 is 2.00 bits per heavy atom. The molecule has 0 radical (unpaired) electrons. The number of nitrogen functional groups attached to an aromatic ring is 1. The van der Waals surface area contributed by atoms with Gasteiger partial charge in [-0.2, -0.15) is 13.2 Å². The van der Waals surface area contributed by atoms with Crippen molar-refractivity contribution in [2.45, 2.75) is 23.3 Å². The first-order valence-corrected chi connectivity index (χ1v) is 5.61. The van der Waals surface area contributed by atoms with Crippen molar-refractivity contribution in [3.8, 4) is 0 Å². The molecule has 2 aromatic rings. The van der Waals surface area contributed by atoms with E-state index in [0.717, 1.165) is 23.9 Å². The number of oxazole rings is 1. The lowest BCUT2D eigenvalue weighted by atomic mass is 10.2. The van der Waals surface area contributed by atoms with Gasteiger partial charge >= 0.3 is 6.18 Å². The summed E-state index contributed by atoms with van der Waals surface area (Å²) in [6, 6.07) is 1.69. The van der Waals surface area contributed by atoms with Crippen LogP contribution >= 0.6 is 11.8 Å². The van der Waals surface area contributed by atoms with Crippen LogP contribution in [0.5, 0.6) is 0 Å². The average Bonchev–Trinajstić information content (AvgIpc) is 2.61. The standard InChI is InChI=1S/C10H8F3N3OS/c1-5-4-17-9(15-5)18-8-3-6(10(11,12)13)2-7(14)16-8/h2-4H,1H3,(H2,14,16). The molecule has 2 heterocycles. The van der Waals surface area contributed by atoms with Gasteiger partial charge in [-0.1, -0.05) is 0 Å². The molecule has 0 saturated heterocycles. The Labute approximate surface area is 104 Å². The predicted molar refractivity (Wildman–Crippen MR) is 59.0 cm³/mol. The molecule has 4 nitrogen and oxygen atoms in total. The Bertz CT molecular complexity index is 568. The maximum absolute atomic E-state index is 12.6. The van der Waals surface area contributed by atoms with Crippen molar-refractivity contribution in [3.05, 3.63) is 29.7 Å². The number of pyridine rings is 1. The summed E-state index contributed by atoms with van der Waals surface area (Å²) >= 11 is 0.884. The summed E-state index contributed by atoms with van der Waals surface area (Å²) in [4.78, 5) is 7.75. The van der Waals surface area contributed by atoms with Crippen LogP contribution in [0.2, 0.25) is 0 Å². The van der Waals surface area contributed by atoms with Crippen LogP contribution in [0.1, 0.15) is 11.3 Å². The van der Waals surface area contributed by atoms with Crippen molar-refractivity contribution in [3.63, 3.8) is 0 Å². The molecule has 0 atom stereocenters. The molecule has 0 aromatic carbocycles. The van der Waals surface area contributed by atoms with E-state index in [2.05, 4.69) is 9.97 Å². The molecule has 0 bridgehead atoms. The molecule has 18 heavy (non-hydrogen) atoms. The van der Waals surface area contributed by atoms with Crippen molar-refractivity contribution >= 4 is 17.6 Å². The Kier molecular flexibility index (Phi) is 3.20. The van der Waals surface area contributed by atoms with Crippen LogP contribution in [0.3, 0.4) is 0 Å². The number of hydrogen-bond acceptors (Lipinski definition) is 5. The highest BCUT2D eigenvalue weighted by Gasteiger charge is 2.31. The van der Waals surface area contributed by atoms with Crippen molar-refractivity contribution in [2.24, 2.45) is 0 Å². The molecule has 0 unspecified atom stereocenters. The van der Waals surface area contributed by atoms with E-state index in [0.29, 0.717) is 5.69 Å². The first-order chi connectivity index (χ1) is 8.34. The lowest BCUT2D eigenvalue weighted by Crippen LogP contribution is -2.07. The van der Waals surface area contributed by atoms with E-state index in [1.54, 1.807) is 6.92 Å². The van der Waals surface area contributed by atoms with Crippen LogP contribution in [0.4, 0.5) is 19.0 Å². The quantitative estimate of drug-likeness (QED) is 0.912. The van der Waals surface area contributed by atoms with E-state index in [1.165, 1.54) is 6.26 Å². The van der Waals surface area contributed by atoms with E-state index < -0.39 is 11.7 Å². The molecule has 0 amide bonds. The molecule has 8 heteroatoms. The highest BCUT2D eigenvalue weighted by Crippen LogP contribution is 2.34. The Hall–Kier alpha value is -1.70. The molecule has 0 fully saturated rings. The number of nitrogens with zero attached hydrogens (tertiary/aromatic N) is 2. The van der Waals surface area contributed by atoms with Crippen molar-refractivity contribution in [1.82, 2.24) is 9.97 Å². The van der Waals surface area contributed by atoms with Gasteiger partial charge in [0.1, 0.15) is 17.1 Å². The number of alkyl halides is 3. The fraction of sp³-hybridized carbons (Fsp3) is 0.200. The minimum Gasteiger partial charge on any atom is -0.439 e. The molecule has 96 valence electrons. The van der Waals surface area contributed by atoms with Crippen LogP contribution in [0, 0.1) is 6.92 Å². The third-order valence-electron chi connectivity index (χ3n) is 1.94. The van der Waals surface area contributed by atoms with Crippen LogP contribution < -0.4 is 5.73 Å².